The van der Waals surface area contributed by atoms with E-state index in [9.17, 15) is 4.79 Å². The fourth-order valence-corrected chi connectivity index (χ4v) is 5.05. The van der Waals surface area contributed by atoms with E-state index in [0.717, 1.165) is 18.4 Å². The van der Waals surface area contributed by atoms with Gasteiger partial charge in [-0.15, -0.1) is 23.5 Å². The monoisotopic (exact) mass is 322 g/mol. The fourth-order valence-electron chi connectivity index (χ4n) is 2.07. The van der Waals surface area contributed by atoms with Gasteiger partial charge in [0.2, 0.25) is 0 Å². The van der Waals surface area contributed by atoms with E-state index in [1.807, 2.05) is 35.7 Å². The first-order chi connectivity index (χ1) is 10.3. The van der Waals surface area contributed by atoms with Gasteiger partial charge >= 0.3 is 5.97 Å². The van der Waals surface area contributed by atoms with Gasteiger partial charge in [-0.3, -0.25) is 0 Å². The number of esters is 1. The molecule has 0 spiro atoms. The number of hydrogen-bond donors (Lipinski definition) is 0. The zero-order chi connectivity index (χ0) is 14.9. The summed E-state index contributed by atoms with van der Waals surface area (Å²) < 4.78 is 5.64. The van der Waals surface area contributed by atoms with Gasteiger partial charge in [-0.05, 0) is 41.6 Å². The number of ether oxygens (including phenoxy) is 1. The Labute approximate surface area is 135 Å². The third-order valence-corrected chi connectivity index (χ3v) is 6.20. The van der Waals surface area contributed by atoms with Gasteiger partial charge < -0.3 is 4.74 Å². The summed E-state index contributed by atoms with van der Waals surface area (Å²) in [7, 11) is 0. The Bertz CT molecular complexity index is 479. The molecule has 0 radical (unpaired) electrons. The van der Waals surface area contributed by atoms with E-state index in [0.29, 0.717) is 11.2 Å². The summed E-state index contributed by atoms with van der Waals surface area (Å²) in [5.41, 5.74) is 2.43. The molecule has 0 atom stereocenters. The second kappa shape index (κ2) is 9.21. The molecule has 0 aliphatic carbocycles. The number of benzene rings is 1. The van der Waals surface area contributed by atoms with Crippen LogP contribution in [0.25, 0.3) is 6.08 Å². The lowest BCUT2D eigenvalue weighted by Crippen LogP contribution is -2.03. The van der Waals surface area contributed by atoms with Crippen molar-refractivity contribution in [1.82, 2.24) is 0 Å². The zero-order valence-electron chi connectivity index (χ0n) is 12.4. The third-order valence-electron chi connectivity index (χ3n) is 3.22. The molecule has 1 aromatic rings. The smallest absolute Gasteiger partial charge is 0.330 e. The summed E-state index contributed by atoms with van der Waals surface area (Å²) in [4.78, 5) is 11.7. The molecule has 4 heteroatoms. The third kappa shape index (κ3) is 5.44. The molecule has 0 aromatic heterocycles. The first-order valence-electron chi connectivity index (χ1n) is 7.48. The van der Waals surface area contributed by atoms with Crippen molar-refractivity contribution in [3.8, 4) is 0 Å². The molecule has 0 saturated carbocycles. The van der Waals surface area contributed by atoms with Crippen LogP contribution in [0.15, 0.2) is 30.3 Å². The number of hydrogen-bond acceptors (Lipinski definition) is 4. The predicted octanol–water partition coefficient (Wildman–Crippen LogP) is 4.91. The first kappa shape index (κ1) is 16.5. The minimum Gasteiger partial charge on any atom is -0.463 e. The lowest BCUT2D eigenvalue weighted by atomic mass is 10.1. The Morgan fingerprint density at radius 3 is 2.86 bits per heavy atom. The maximum absolute atomic E-state index is 11.7. The van der Waals surface area contributed by atoms with Crippen LogP contribution in [0.5, 0.6) is 0 Å². The summed E-state index contributed by atoms with van der Waals surface area (Å²) in [6.45, 7) is 2.59. The highest BCUT2D eigenvalue weighted by Crippen LogP contribution is 2.44. The van der Waals surface area contributed by atoms with Crippen LogP contribution in [0, 0.1) is 0 Å². The minimum atomic E-state index is -0.248. The first-order valence-corrected chi connectivity index (χ1v) is 9.58. The van der Waals surface area contributed by atoms with Crippen molar-refractivity contribution in [2.24, 2.45) is 0 Å². The van der Waals surface area contributed by atoms with Crippen LogP contribution in [-0.4, -0.2) is 24.1 Å². The van der Waals surface area contributed by atoms with Crippen molar-refractivity contribution in [3.63, 3.8) is 0 Å². The number of carbonyl (C=O) groups is 1. The van der Waals surface area contributed by atoms with Crippen molar-refractivity contribution >= 4 is 35.6 Å². The largest absolute Gasteiger partial charge is 0.463 e. The average molecular weight is 322 g/mol. The number of carbonyl (C=O) groups excluding carboxylic acids is 1. The molecule has 1 aliphatic heterocycles. The van der Waals surface area contributed by atoms with E-state index < -0.39 is 0 Å². The van der Waals surface area contributed by atoms with Crippen LogP contribution < -0.4 is 0 Å². The summed E-state index contributed by atoms with van der Waals surface area (Å²) in [6.07, 6.45) is 6.68. The molecule has 2 nitrogen and oxygen atoms in total. The van der Waals surface area contributed by atoms with E-state index in [-0.39, 0.29) is 5.97 Å². The van der Waals surface area contributed by atoms with Crippen LogP contribution in [0.3, 0.4) is 0 Å². The molecule has 1 saturated heterocycles. The van der Waals surface area contributed by atoms with Crippen LogP contribution in [0.2, 0.25) is 0 Å². The van der Waals surface area contributed by atoms with Gasteiger partial charge in [-0.1, -0.05) is 37.6 Å². The molecule has 0 amide bonds. The zero-order valence-corrected chi connectivity index (χ0v) is 14.1. The molecule has 114 valence electrons. The number of unbranched alkanes of at least 4 members (excludes halogenated alkanes) is 1. The lowest BCUT2D eigenvalue weighted by molar-refractivity contribution is -0.137. The summed E-state index contributed by atoms with van der Waals surface area (Å²) in [5.74, 6) is 2.19. The maximum atomic E-state index is 11.7. The van der Waals surface area contributed by atoms with Crippen molar-refractivity contribution in [2.75, 3.05) is 18.1 Å². The van der Waals surface area contributed by atoms with Gasteiger partial charge in [0, 0.05) is 6.08 Å². The van der Waals surface area contributed by atoms with Crippen molar-refractivity contribution < 1.29 is 9.53 Å². The predicted molar refractivity (Wildman–Crippen MR) is 93.6 cm³/mol. The van der Waals surface area contributed by atoms with Crippen molar-refractivity contribution in [1.29, 1.82) is 0 Å². The van der Waals surface area contributed by atoms with Gasteiger partial charge in [-0.25, -0.2) is 4.79 Å². The molecule has 21 heavy (non-hydrogen) atoms. The van der Waals surface area contributed by atoms with Crippen LogP contribution in [0.4, 0.5) is 0 Å². The maximum Gasteiger partial charge on any atom is 0.330 e. The van der Waals surface area contributed by atoms with E-state index in [1.165, 1.54) is 23.5 Å². The molecule has 1 aliphatic rings. The van der Waals surface area contributed by atoms with Gasteiger partial charge in [-0.2, -0.15) is 0 Å². The van der Waals surface area contributed by atoms with Crippen LogP contribution >= 0.6 is 23.5 Å². The molecule has 1 fully saturated rings. The SMILES string of the molecule is CCCCOC(=O)/C=C/c1ccccc1C1SCCCS1. The average Bonchev–Trinajstić information content (AvgIpc) is 2.54. The van der Waals surface area contributed by atoms with Gasteiger partial charge in [0.25, 0.3) is 0 Å². The van der Waals surface area contributed by atoms with Gasteiger partial charge in [0.1, 0.15) is 0 Å². The summed E-state index contributed by atoms with van der Waals surface area (Å²) in [6, 6.07) is 8.32. The molecule has 1 heterocycles. The highest BCUT2D eigenvalue weighted by atomic mass is 32.2. The lowest BCUT2D eigenvalue weighted by Gasteiger charge is -2.22. The Morgan fingerprint density at radius 2 is 2.10 bits per heavy atom. The normalized spacial score (nSPS) is 16.2. The second-order valence-corrected chi connectivity index (χ2v) is 7.63. The topological polar surface area (TPSA) is 26.3 Å². The Morgan fingerprint density at radius 1 is 1.33 bits per heavy atom. The second-order valence-electron chi connectivity index (χ2n) is 4.91. The highest BCUT2D eigenvalue weighted by molar-refractivity contribution is 8.16. The van der Waals surface area contributed by atoms with E-state index in [1.54, 1.807) is 6.08 Å². The summed E-state index contributed by atoms with van der Waals surface area (Å²) >= 11 is 3.99. The Balaban J connectivity index is 2.00. The molecule has 1 aromatic carbocycles. The molecule has 0 bridgehead atoms. The van der Waals surface area contributed by atoms with Gasteiger partial charge in [0.15, 0.2) is 0 Å². The number of rotatable bonds is 6. The fraction of sp³-hybridized carbons (Fsp3) is 0.471. The molecule has 0 N–H and O–H groups in total. The van der Waals surface area contributed by atoms with E-state index in [2.05, 4.69) is 25.1 Å². The van der Waals surface area contributed by atoms with Crippen LogP contribution in [0.1, 0.15) is 41.9 Å². The minimum absolute atomic E-state index is 0.248. The van der Waals surface area contributed by atoms with E-state index in [4.69, 9.17) is 4.74 Å². The summed E-state index contributed by atoms with van der Waals surface area (Å²) in [5, 5.41) is 0. The quantitative estimate of drug-likeness (QED) is 0.422. The Hall–Kier alpha value is -0.870. The van der Waals surface area contributed by atoms with Crippen LogP contribution in [-0.2, 0) is 9.53 Å². The molecule has 0 unspecified atom stereocenters. The van der Waals surface area contributed by atoms with E-state index >= 15 is 0 Å². The molecule has 2 rings (SSSR count). The standard InChI is InChI=1S/C17H22O2S2/c1-2-3-11-19-16(18)10-9-14-7-4-5-8-15(14)17-20-12-6-13-21-17/h4-5,7-10,17H,2-3,6,11-13H2,1H3/b10-9+. The van der Waals surface area contributed by atoms with Crippen molar-refractivity contribution in [3.05, 3.63) is 41.5 Å². The Kier molecular flexibility index (Phi) is 7.24. The highest BCUT2D eigenvalue weighted by Gasteiger charge is 2.18. The molecular formula is C17H22O2S2. The number of thioether (sulfide) groups is 2. The van der Waals surface area contributed by atoms with Crippen molar-refractivity contribution in [2.45, 2.75) is 30.8 Å². The van der Waals surface area contributed by atoms with Gasteiger partial charge in [0.05, 0.1) is 11.2 Å². The molecular weight excluding hydrogens is 300 g/mol.